The fourth-order valence-corrected chi connectivity index (χ4v) is 3.78. The van der Waals surface area contributed by atoms with Crippen molar-refractivity contribution >= 4 is 11.9 Å². The van der Waals surface area contributed by atoms with Gasteiger partial charge >= 0.3 is 0 Å². The van der Waals surface area contributed by atoms with Crippen LogP contribution in [0.15, 0.2) is 30.5 Å². The quantitative estimate of drug-likeness (QED) is 0.918. The van der Waals surface area contributed by atoms with Crippen LogP contribution in [0.5, 0.6) is 0 Å². The number of hydrogen-bond donors (Lipinski definition) is 1. The summed E-state index contributed by atoms with van der Waals surface area (Å²) in [6.07, 6.45) is 8.30. The highest BCUT2D eigenvalue weighted by Crippen LogP contribution is 2.30. The molecule has 0 bridgehead atoms. The van der Waals surface area contributed by atoms with E-state index in [1.54, 1.807) is 0 Å². The molecule has 4 rings (SSSR count). The van der Waals surface area contributed by atoms with E-state index in [0.717, 1.165) is 49.6 Å². The van der Waals surface area contributed by atoms with Gasteiger partial charge in [0.05, 0.1) is 11.7 Å². The molecule has 136 valence electrons. The number of rotatable bonds is 3. The molecule has 1 atom stereocenters. The van der Waals surface area contributed by atoms with Gasteiger partial charge < -0.3 is 10.2 Å². The number of carbonyl (C=O) groups excluding carboxylic acids is 1. The van der Waals surface area contributed by atoms with E-state index in [1.807, 2.05) is 6.20 Å². The Morgan fingerprint density at radius 2 is 1.88 bits per heavy atom. The van der Waals surface area contributed by atoms with E-state index in [-0.39, 0.29) is 17.8 Å². The van der Waals surface area contributed by atoms with Crippen LogP contribution >= 0.6 is 0 Å². The van der Waals surface area contributed by atoms with Crippen LogP contribution in [0.2, 0.25) is 0 Å². The number of nitrogens with one attached hydrogen (secondary N) is 1. The Hall–Kier alpha value is -2.50. The second-order valence-corrected chi connectivity index (χ2v) is 7.04. The average Bonchev–Trinajstić information content (AvgIpc) is 2.69. The first kappa shape index (κ1) is 16.9. The van der Waals surface area contributed by atoms with Crippen LogP contribution in [0, 0.1) is 5.82 Å². The van der Waals surface area contributed by atoms with Gasteiger partial charge in [-0.05, 0) is 62.8 Å². The minimum absolute atomic E-state index is 0.0910. The first-order chi connectivity index (χ1) is 12.7. The Morgan fingerprint density at radius 3 is 2.65 bits per heavy atom. The molecule has 1 fully saturated rings. The molecule has 2 aliphatic rings. The Labute approximate surface area is 152 Å². The van der Waals surface area contributed by atoms with E-state index < -0.39 is 0 Å². The summed E-state index contributed by atoms with van der Waals surface area (Å²) in [5.74, 6) is 0.278. The Kier molecular flexibility index (Phi) is 4.82. The van der Waals surface area contributed by atoms with Gasteiger partial charge in [0, 0.05) is 30.4 Å². The van der Waals surface area contributed by atoms with Crippen LogP contribution in [0.3, 0.4) is 0 Å². The number of halogens is 1. The summed E-state index contributed by atoms with van der Waals surface area (Å²) < 4.78 is 13.0. The maximum atomic E-state index is 13.0. The third-order valence-electron chi connectivity index (χ3n) is 5.22. The van der Waals surface area contributed by atoms with E-state index in [0.29, 0.717) is 5.56 Å². The van der Waals surface area contributed by atoms with Crippen molar-refractivity contribution in [3.05, 3.63) is 53.1 Å². The van der Waals surface area contributed by atoms with Gasteiger partial charge in [-0.3, -0.25) is 4.79 Å². The SMILES string of the molecule is O=C(N[C@@H]1CCCc2nc(N3CCCCC3)ncc21)c1ccc(F)cc1. The number of aryl methyl sites for hydroxylation is 1. The van der Waals surface area contributed by atoms with Crippen LogP contribution in [0.1, 0.15) is 59.8 Å². The smallest absolute Gasteiger partial charge is 0.251 e. The molecule has 1 aliphatic heterocycles. The lowest BCUT2D eigenvalue weighted by atomic mass is 9.92. The molecular formula is C20H23FN4O. The largest absolute Gasteiger partial charge is 0.345 e. The molecule has 2 heterocycles. The van der Waals surface area contributed by atoms with Gasteiger partial charge in [0.1, 0.15) is 5.82 Å². The number of carbonyl (C=O) groups is 1. The number of aromatic nitrogens is 2. The molecule has 1 N–H and O–H groups in total. The zero-order valence-corrected chi connectivity index (χ0v) is 14.7. The minimum Gasteiger partial charge on any atom is -0.345 e. The molecule has 1 saturated heterocycles. The molecule has 1 aromatic carbocycles. The van der Waals surface area contributed by atoms with E-state index in [9.17, 15) is 9.18 Å². The summed E-state index contributed by atoms with van der Waals surface area (Å²) >= 11 is 0. The van der Waals surface area contributed by atoms with Gasteiger partial charge in [-0.1, -0.05) is 0 Å². The summed E-state index contributed by atoms with van der Waals surface area (Å²) in [5.41, 5.74) is 2.51. The molecule has 6 heteroatoms. The van der Waals surface area contributed by atoms with Crippen LogP contribution in [-0.2, 0) is 6.42 Å². The molecule has 0 unspecified atom stereocenters. The molecule has 0 saturated carbocycles. The van der Waals surface area contributed by atoms with Crippen LogP contribution in [0.4, 0.5) is 10.3 Å². The van der Waals surface area contributed by atoms with Crippen molar-refractivity contribution in [2.75, 3.05) is 18.0 Å². The summed E-state index contributed by atoms with van der Waals surface area (Å²) in [6, 6.07) is 5.52. The summed E-state index contributed by atoms with van der Waals surface area (Å²) in [6.45, 7) is 2.03. The average molecular weight is 354 g/mol. The molecule has 26 heavy (non-hydrogen) atoms. The molecule has 2 aromatic rings. The lowest BCUT2D eigenvalue weighted by Gasteiger charge is -2.29. The third-order valence-corrected chi connectivity index (χ3v) is 5.22. The van der Waals surface area contributed by atoms with Gasteiger partial charge in [-0.2, -0.15) is 0 Å². The number of piperidine rings is 1. The van der Waals surface area contributed by atoms with Crippen molar-refractivity contribution in [1.29, 1.82) is 0 Å². The summed E-state index contributed by atoms with van der Waals surface area (Å²) in [7, 11) is 0. The molecule has 1 amide bonds. The Morgan fingerprint density at radius 1 is 1.12 bits per heavy atom. The van der Waals surface area contributed by atoms with E-state index in [4.69, 9.17) is 4.98 Å². The number of hydrogen-bond acceptors (Lipinski definition) is 4. The molecule has 5 nitrogen and oxygen atoms in total. The molecule has 1 aliphatic carbocycles. The van der Waals surface area contributed by atoms with E-state index >= 15 is 0 Å². The second-order valence-electron chi connectivity index (χ2n) is 7.04. The number of nitrogens with zero attached hydrogens (tertiary/aromatic N) is 3. The van der Waals surface area contributed by atoms with Crippen molar-refractivity contribution in [3.8, 4) is 0 Å². The molecule has 1 aromatic heterocycles. The Balaban J connectivity index is 1.51. The first-order valence-corrected chi connectivity index (χ1v) is 9.38. The monoisotopic (exact) mass is 354 g/mol. The minimum atomic E-state index is -0.344. The number of fused-ring (bicyclic) bond motifs is 1. The predicted octanol–water partition coefficient (Wildman–Crippen LogP) is 3.41. The standard InChI is InChI=1S/C20H23FN4O/c21-15-9-7-14(8-10-15)19(26)23-17-5-4-6-18-16(17)13-22-20(24-18)25-11-2-1-3-12-25/h7-10,13,17H,1-6,11-12H2,(H,23,26)/t17-/m1/s1. The fourth-order valence-electron chi connectivity index (χ4n) is 3.78. The number of anilines is 1. The zero-order valence-electron chi connectivity index (χ0n) is 14.7. The van der Waals surface area contributed by atoms with Crippen molar-refractivity contribution in [2.45, 2.75) is 44.6 Å². The maximum Gasteiger partial charge on any atom is 0.251 e. The maximum absolute atomic E-state index is 13.0. The highest BCUT2D eigenvalue weighted by Gasteiger charge is 2.25. The van der Waals surface area contributed by atoms with Gasteiger partial charge in [-0.25, -0.2) is 14.4 Å². The fraction of sp³-hybridized carbons (Fsp3) is 0.450. The lowest BCUT2D eigenvalue weighted by Crippen LogP contribution is -2.34. The van der Waals surface area contributed by atoms with E-state index in [1.165, 1.54) is 43.5 Å². The van der Waals surface area contributed by atoms with Gasteiger partial charge in [0.15, 0.2) is 0 Å². The normalized spacial score (nSPS) is 19.7. The predicted molar refractivity (Wildman–Crippen MR) is 97.6 cm³/mol. The molecular weight excluding hydrogens is 331 g/mol. The van der Waals surface area contributed by atoms with Crippen LogP contribution in [-0.4, -0.2) is 29.0 Å². The summed E-state index contributed by atoms with van der Waals surface area (Å²) in [4.78, 5) is 24.1. The Bertz CT molecular complexity index is 787. The van der Waals surface area contributed by atoms with Crippen LogP contribution < -0.4 is 10.2 Å². The molecule has 0 spiro atoms. The third kappa shape index (κ3) is 3.54. The number of benzene rings is 1. The van der Waals surface area contributed by atoms with Gasteiger partial charge in [0.25, 0.3) is 5.91 Å². The highest BCUT2D eigenvalue weighted by molar-refractivity contribution is 5.94. The summed E-state index contributed by atoms with van der Waals surface area (Å²) in [5, 5.41) is 3.05. The van der Waals surface area contributed by atoms with E-state index in [2.05, 4.69) is 15.2 Å². The van der Waals surface area contributed by atoms with Crippen molar-refractivity contribution in [1.82, 2.24) is 15.3 Å². The van der Waals surface area contributed by atoms with Gasteiger partial charge in [0.2, 0.25) is 5.95 Å². The highest BCUT2D eigenvalue weighted by atomic mass is 19.1. The van der Waals surface area contributed by atoms with Crippen LogP contribution in [0.25, 0.3) is 0 Å². The van der Waals surface area contributed by atoms with Gasteiger partial charge in [-0.15, -0.1) is 0 Å². The van der Waals surface area contributed by atoms with Crippen molar-refractivity contribution < 1.29 is 9.18 Å². The molecule has 0 radical (unpaired) electrons. The van der Waals surface area contributed by atoms with Crippen molar-refractivity contribution in [2.24, 2.45) is 0 Å². The zero-order chi connectivity index (χ0) is 17.9. The first-order valence-electron chi connectivity index (χ1n) is 9.38. The van der Waals surface area contributed by atoms with Crippen molar-refractivity contribution in [3.63, 3.8) is 0 Å². The lowest BCUT2D eigenvalue weighted by molar-refractivity contribution is 0.0932. The second kappa shape index (κ2) is 7.40. The number of amides is 1. The topological polar surface area (TPSA) is 58.1 Å².